The van der Waals surface area contributed by atoms with Crippen LogP contribution < -0.4 is 20.5 Å². The number of piperidine rings is 1. The van der Waals surface area contributed by atoms with E-state index in [0.29, 0.717) is 39.3 Å². The highest BCUT2D eigenvalue weighted by Crippen LogP contribution is 2.42. The van der Waals surface area contributed by atoms with Gasteiger partial charge in [-0.1, -0.05) is 6.07 Å². The van der Waals surface area contributed by atoms with Gasteiger partial charge in [-0.15, -0.1) is 11.3 Å². The molecule has 10 heteroatoms. The summed E-state index contributed by atoms with van der Waals surface area (Å²) in [7, 11) is 3.72. The fourth-order valence-electron chi connectivity index (χ4n) is 4.99. The van der Waals surface area contributed by atoms with Crippen molar-refractivity contribution in [2.75, 3.05) is 32.6 Å². The summed E-state index contributed by atoms with van der Waals surface area (Å²) in [6.45, 7) is 8.15. The lowest BCUT2D eigenvalue weighted by Crippen LogP contribution is -2.29. The summed E-state index contributed by atoms with van der Waals surface area (Å²) in [5.74, 6) is 1.52. The number of carbonyl (C=O) groups is 1. The maximum atomic E-state index is 12.4. The molecule has 0 spiro atoms. The largest absolute Gasteiger partial charge is 0.489 e. The molecule has 0 aliphatic carbocycles. The van der Waals surface area contributed by atoms with Gasteiger partial charge in [-0.3, -0.25) is 4.79 Å². The molecule has 3 aromatic heterocycles. The SMILES string of the molecule is COc1ncc(C)cc1-c1c(C(N)=O)sc2cnc(Nc3ccc(C4CCN(C)CC4)cc3OC(C)C)nc12. The lowest BCUT2D eigenvalue weighted by Gasteiger charge is -2.29. The summed E-state index contributed by atoms with van der Waals surface area (Å²) in [4.78, 5) is 29.0. The Morgan fingerprint density at radius 1 is 1.18 bits per heavy atom. The Morgan fingerprint density at radius 2 is 1.95 bits per heavy atom. The predicted molar refractivity (Wildman–Crippen MR) is 155 cm³/mol. The van der Waals surface area contributed by atoms with Gasteiger partial charge in [-0.25, -0.2) is 15.0 Å². The Balaban J connectivity index is 1.55. The van der Waals surface area contributed by atoms with Crippen molar-refractivity contribution in [3.8, 4) is 22.8 Å². The highest BCUT2D eigenvalue weighted by Gasteiger charge is 2.24. The Hall–Kier alpha value is -3.76. The van der Waals surface area contributed by atoms with Gasteiger partial charge >= 0.3 is 0 Å². The molecule has 0 saturated carbocycles. The first kappa shape index (κ1) is 26.8. The minimum atomic E-state index is -0.539. The number of amides is 1. The number of carbonyl (C=O) groups excluding carboxylic acids is 1. The second-order valence-electron chi connectivity index (χ2n) is 10.3. The molecule has 39 heavy (non-hydrogen) atoms. The number of primary amides is 1. The van der Waals surface area contributed by atoms with Crippen LogP contribution in [0.25, 0.3) is 21.3 Å². The summed E-state index contributed by atoms with van der Waals surface area (Å²) in [5.41, 5.74) is 10.6. The van der Waals surface area contributed by atoms with Gasteiger partial charge in [-0.2, -0.15) is 0 Å². The Labute approximate surface area is 232 Å². The molecule has 1 fully saturated rings. The van der Waals surface area contributed by atoms with Gasteiger partial charge in [-0.05, 0) is 89.0 Å². The van der Waals surface area contributed by atoms with Crippen molar-refractivity contribution < 1.29 is 14.3 Å². The summed E-state index contributed by atoms with van der Waals surface area (Å²) >= 11 is 1.26. The zero-order chi connectivity index (χ0) is 27.7. The van der Waals surface area contributed by atoms with E-state index < -0.39 is 5.91 Å². The number of nitrogens with two attached hydrogens (primary N) is 1. The average molecular weight is 547 g/mol. The lowest BCUT2D eigenvalue weighted by atomic mass is 9.89. The van der Waals surface area contributed by atoms with Gasteiger partial charge in [0, 0.05) is 17.3 Å². The second kappa shape index (κ2) is 11.2. The number of nitrogens with zero attached hydrogens (tertiary/aromatic N) is 4. The first-order valence-corrected chi connectivity index (χ1v) is 13.9. The second-order valence-corrected chi connectivity index (χ2v) is 11.3. The third-order valence-electron chi connectivity index (χ3n) is 6.91. The van der Waals surface area contributed by atoms with Gasteiger partial charge in [0.25, 0.3) is 5.91 Å². The molecule has 1 saturated heterocycles. The van der Waals surface area contributed by atoms with E-state index in [9.17, 15) is 4.79 Å². The molecule has 0 atom stereocenters. The van der Waals surface area contributed by atoms with Crippen LogP contribution in [0.2, 0.25) is 0 Å². The van der Waals surface area contributed by atoms with Crippen LogP contribution in [0.4, 0.5) is 11.6 Å². The molecule has 4 aromatic rings. The normalized spacial score (nSPS) is 14.6. The molecular weight excluding hydrogens is 512 g/mol. The van der Waals surface area contributed by atoms with E-state index in [1.807, 2.05) is 32.9 Å². The summed E-state index contributed by atoms with van der Waals surface area (Å²) < 4.78 is 12.5. The van der Waals surface area contributed by atoms with Crippen LogP contribution in [0, 0.1) is 6.92 Å². The number of methoxy groups -OCH3 is 1. The zero-order valence-corrected chi connectivity index (χ0v) is 23.8. The molecule has 1 aliphatic heterocycles. The topological polar surface area (TPSA) is 115 Å². The Kier molecular flexibility index (Phi) is 7.67. The highest BCUT2D eigenvalue weighted by molar-refractivity contribution is 7.21. The van der Waals surface area contributed by atoms with E-state index in [2.05, 4.69) is 39.4 Å². The number of anilines is 2. The van der Waals surface area contributed by atoms with E-state index >= 15 is 0 Å². The van der Waals surface area contributed by atoms with Crippen LogP contribution in [0.1, 0.15) is 53.4 Å². The Morgan fingerprint density at radius 3 is 2.64 bits per heavy atom. The summed E-state index contributed by atoms with van der Waals surface area (Å²) in [5, 5.41) is 3.35. The highest BCUT2D eigenvalue weighted by atomic mass is 32.1. The number of fused-ring (bicyclic) bond motifs is 1. The number of pyridine rings is 1. The van der Waals surface area contributed by atoms with Crippen molar-refractivity contribution in [1.82, 2.24) is 19.9 Å². The Bertz CT molecular complexity index is 1510. The molecule has 0 bridgehead atoms. The van der Waals surface area contributed by atoms with E-state index in [4.69, 9.17) is 20.2 Å². The number of rotatable bonds is 8. The van der Waals surface area contributed by atoms with E-state index in [-0.39, 0.29) is 6.10 Å². The number of hydrogen-bond donors (Lipinski definition) is 2. The van der Waals surface area contributed by atoms with Gasteiger partial charge < -0.3 is 25.4 Å². The maximum absolute atomic E-state index is 12.4. The van der Waals surface area contributed by atoms with Gasteiger partial charge in [0.1, 0.15) is 10.6 Å². The van der Waals surface area contributed by atoms with E-state index in [1.54, 1.807) is 19.5 Å². The van der Waals surface area contributed by atoms with Gasteiger partial charge in [0.15, 0.2) is 0 Å². The van der Waals surface area contributed by atoms with Crippen molar-refractivity contribution in [3.05, 3.63) is 52.7 Å². The molecule has 5 rings (SSSR count). The van der Waals surface area contributed by atoms with Crippen molar-refractivity contribution in [3.63, 3.8) is 0 Å². The number of benzene rings is 1. The zero-order valence-electron chi connectivity index (χ0n) is 22.9. The van der Waals surface area contributed by atoms with Crippen molar-refractivity contribution in [2.45, 2.75) is 45.6 Å². The molecule has 0 unspecified atom stereocenters. The van der Waals surface area contributed by atoms with Crippen molar-refractivity contribution in [2.24, 2.45) is 5.73 Å². The van der Waals surface area contributed by atoms with Crippen LogP contribution >= 0.6 is 11.3 Å². The van der Waals surface area contributed by atoms with E-state index in [1.165, 1.54) is 16.9 Å². The minimum Gasteiger partial charge on any atom is -0.489 e. The van der Waals surface area contributed by atoms with Crippen molar-refractivity contribution >= 4 is 39.1 Å². The molecule has 0 radical (unpaired) electrons. The fourth-order valence-corrected chi connectivity index (χ4v) is 5.96. The minimum absolute atomic E-state index is 0.00424. The predicted octanol–water partition coefficient (Wildman–Crippen LogP) is 5.51. The third kappa shape index (κ3) is 5.67. The number of aryl methyl sites for hydroxylation is 1. The number of ether oxygens (including phenoxy) is 2. The van der Waals surface area contributed by atoms with Gasteiger partial charge in [0.2, 0.25) is 11.8 Å². The van der Waals surface area contributed by atoms with Crippen LogP contribution in [0.3, 0.4) is 0 Å². The first-order valence-electron chi connectivity index (χ1n) is 13.1. The van der Waals surface area contributed by atoms with Crippen molar-refractivity contribution in [1.29, 1.82) is 0 Å². The van der Waals surface area contributed by atoms with Crippen LogP contribution in [0.15, 0.2) is 36.7 Å². The summed E-state index contributed by atoms with van der Waals surface area (Å²) in [6, 6.07) is 8.26. The average Bonchev–Trinajstić information content (AvgIpc) is 3.29. The van der Waals surface area contributed by atoms with Gasteiger partial charge in [0.05, 0.1) is 35.3 Å². The van der Waals surface area contributed by atoms with Crippen LogP contribution in [-0.2, 0) is 0 Å². The first-order chi connectivity index (χ1) is 18.7. The molecule has 1 aromatic carbocycles. The molecule has 204 valence electrons. The monoisotopic (exact) mass is 546 g/mol. The molecule has 3 N–H and O–H groups in total. The number of nitrogens with one attached hydrogen (secondary N) is 1. The third-order valence-corrected chi connectivity index (χ3v) is 8.04. The number of likely N-dealkylation sites (tertiary alicyclic amines) is 1. The lowest BCUT2D eigenvalue weighted by molar-refractivity contribution is 0.100. The van der Waals surface area contributed by atoms with Crippen LogP contribution in [0.5, 0.6) is 11.6 Å². The summed E-state index contributed by atoms with van der Waals surface area (Å²) in [6.07, 6.45) is 5.69. The fraction of sp³-hybridized carbons (Fsp3) is 0.379. The quantitative estimate of drug-likeness (QED) is 0.297. The number of hydrogen-bond acceptors (Lipinski definition) is 9. The number of aromatic nitrogens is 3. The van der Waals surface area contributed by atoms with Crippen LogP contribution in [-0.4, -0.2) is 59.1 Å². The standard InChI is InChI=1S/C29H34N6O3S/c1-16(2)38-22-13-19(18-8-10-35(4)11-9-18)6-7-21(22)33-29-32-15-23-25(34-29)24(26(39-23)27(30)36)20-12-17(3)14-31-28(20)37-5/h6-7,12-16,18H,8-11H2,1-5H3,(H2,30,36)(H,32,33,34). The van der Waals surface area contributed by atoms with E-state index in [0.717, 1.165) is 47.6 Å². The molecule has 9 nitrogen and oxygen atoms in total. The smallest absolute Gasteiger partial charge is 0.259 e. The number of thiophene rings is 1. The molecule has 1 aliphatic rings. The molecule has 1 amide bonds. The molecule has 4 heterocycles. The molecular formula is C29H34N6O3S. The maximum Gasteiger partial charge on any atom is 0.259 e.